The summed E-state index contributed by atoms with van der Waals surface area (Å²) in [5, 5.41) is 31.9. The van der Waals surface area contributed by atoms with Gasteiger partial charge in [-0.3, -0.25) is 14.9 Å². The molecular weight excluding hydrogens is 1940 g/mol. The van der Waals surface area contributed by atoms with Crippen molar-refractivity contribution in [2.24, 2.45) is 0 Å². The van der Waals surface area contributed by atoms with Crippen LogP contribution in [0.25, 0.3) is 16.0 Å². The topological polar surface area (TPSA) is 438 Å². The molecule has 136 heavy (non-hydrogen) atoms. The van der Waals surface area contributed by atoms with Crippen molar-refractivity contribution in [1.82, 2.24) is 55.2 Å². The van der Waals surface area contributed by atoms with Gasteiger partial charge in [0, 0.05) is 187 Å². The first-order valence-electron chi connectivity index (χ1n) is 44.1. The van der Waals surface area contributed by atoms with Crippen molar-refractivity contribution in [1.29, 1.82) is 0 Å². The molecule has 0 saturated carbocycles. The van der Waals surface area contributed by atoms with E-state index in [-0.39, 0.29) is 101 Å². The van der Waals surface area contributed by atoms with Crippen molar-refractivity contribution in [2.45, 2.75) is 165 Å². The van der Waals surface area contributed by atoms with Gasteiger partial charge in [0.15, 0.2) is 53.1 Å². The molecule has 14 rings (SSSR count). The number of thiophene rings is 1. The van der Waals surface area contributed by atoms with Crippen LogP contribution in [-0.4, -0.2) is 287 Å². The van der Waals surface area contributed by atoms with Crippen molar-refractivity contribution >= 4 is 181 Å². The van der Waals surface area contributed by atoms with Crippen LogP contribution < -0.4 is 70.8 Å². The molecule has 36 nitrogen and oxygen atoms in total. The number of allylic oxidation sites excluding steroid dienone is 4. The Balaban J connectivity index is 0.000000232. The minimum absolute atomic E-state index is 0. The number of esters is 2. The number of hydrogen-bond donors (Lipinski definition) is 5. The van der Waals surface area contributed by atoms with E-state index in [1.165, 1.54) is 66.9 Å². The largest absolute Gasteiger partial charge is 1.00 e. The SMILES string of the molecule is CC(C)(C)OC(=O)N1CCN(c2nc(C(=O)O)cs2)CC1.CC(C)(C)OC(=O)N1CCNCC1.CC(C)(C)OC(=O)Nc1ccc(C2=CC=CC2)cc1CC(=O)c1csc(N2CCN(C(=O)OC(C)(C)C)CC2)n1.CCOC(=O)c1csc(Br)n1.CCOC(=O)c1csc(N2CCN(C(=O)OC(C)(C)C)CC2)n1.Nc1ccc(-c2cccs2)cc1CC(=O)c1csc(N2CCNCC2)n1.[Na+].[OH-]. The number of nitrogens with zero attached hydrogens (tertiary/aromatic N) is 13. The van der Waals surface area contributed by atoms with Gasteiger partial charge in [-0.2, -0.15) is 0 Å². The van der Waals surface area contributed by atoms with E-state index in [2.05, 4.69) is 89.7 Å². The van der Waals surface area contributed by atoms with E-state index in [1.54, 1.807) is 81.7 Å². The normalized spacial score (nSPS) is 15.0. The fourth-order valence-corrected chi connectivity index (χ4v) is 18.3. The number of aromatic carboxylic acids is 1. The Morgan fingerprint density at radius 1 is 0.449 bits per heavy atom. The summed E-state index contributed by atoms with van der Waals surface area (Å²) in [5.41, 5.74) is 11.2. The third-order valence-corrected chi connectivity index (χ3v) is 25.4. The molecule has 736 valence electrons. The number of ketones is 2. The first-order valence-corrected chi connectivity index (χ1v) is 50.1. The number of nitrogen functional groups attached to an aromatic ring is 1. The number of ether oxygens (including phenoxy) is 7. The molecule has 6 aromatic heterocycles. The number of carboxylic acids is 1. The third-order valence-electron chi connectivity index (χ3n) is 19.5. The summed E-state index contributed by atoms with van der Waals surface area (Å²) in [6.45, 7) is 45.9. The second-order valence-corrected chi connectivity index (χ2v) is 42.5. The van der Waals surface area contributed by atoms with E-state index < -0.39 is 40.4 Å². The molecule has 44 heteroatoms. The number of amides is 5. The number of aromatic nitrogens is 5. The molecule has 0 radical (unpaired) electrons. The van der Waals surface area contributed by atoms with Crippen LogP contribution in [0.4, 0.5) is 55.9 Å². The van der Waals surface area contributed by atoms with E-state index in [4.69, 9.17) is 44.0 Å². The molecule has 6 aliphatic rings. The number of thiazole rings is 5. The predicted octanol–water partition coefficient (Wildman–Crippen LogP) is 13.6. The van der Waals surface area contributed by atoms with Gasteiger partial charge in [-0.15, -0.1) is 68.0 Å². The number of nitrogens with two attached hydrogens (primary N) is 1. The molecule has 2 aromatic carbocycles. The second-order valence-electron chi connectivity index (χ2n) is 36.0. The summed E-state index contributed by atoms with van der Waals surface area (Å²) in [6, 6.07) is 15.7. The van der Waals surface area contributed by atoms with Crippen LogP contribution in [0.15, 0.2) is 103 Å². The molecule has 0 unspecified atom stereocenters. The fraction of sp³-hybridized carbons (Fsp3) is 0.511. The Hall–Kier alpha value is -9.77. The van der Waals surface area contributed by atoms with Crippen LogP contribution in [0.3, 0.4) is 0 Å². The Bertz CT molecular complexity index is 5320. The van der Waals surface area contributed by atoms with Gasteiger partial charge in [0.25, 0.3) is 0 Å². The summed E-state index contributed by atoms with van der Waals surface area (Å²) < 4.78 is 37.2. The van der Waals surface area contributed by atoms with Crippen molar-refractivity contribution in [2.75, 3.05) is 175 Å². The van der Waals surface area contributed by atoms with Crippen LogP contribution in [0.5, 0.6) is 0 Å². The van der Waals surface area contributed by atoms with Gasteiger partial charge < -0.3 is 99.3 Å². The van der Waals surface area contributed by atoms with Crippen LogP contribution in [-0.2, 0) is 46.0 Å². The molecule has 5 saturated heterocycles. The summed E-state index contributed by atoms with van der Waals surface area (Å²) >= 11 is 11.9. The summed E-state index contributed by atoms with van der Waals surface area (Å²) in [7, 11) is 0. The zero-order valence-electron chi connectivity index (χ0n) is 80.5. The zero-order valence-corrected chi connectivity index (χ0v) is 89.0. The third kappa shape index (κ3) is 37.5. The number of piperazine rings is 5. The number of hydrogen-bond acceptors (Lipinski definition) is 36. The zero-order chi connectivity index (χ0) is 97.8. The number of halogens is 1. The van der Waals surface area contributed by atoms with E-state index in [9.17, 15) is 47.9 Å². The number of carbonyl (C=O) groups excluding carboxylic acids is 9. The molecule has 5 fully saturated rings. The van der Waals surface area contributed by atoms with E-state index >= 15 is 0 Å². The molecule has 0 bridgehead atoms. The number of benzene rings is 2. The Morgan fingerprint density at radius 3 is 1.20 bits per heavy atom. The molecule has 0 atom stereocenters. The van der Waals surface area contributed by atoms with Crippen LogP contribution >= 0.6 is 84.0 Å². The smallest absolute Gasteiger partial charge is 0.870 e. The number of Topliss-reactive ketones (excluding diaryl/α,β-unsaturated/α-hetero) is 2. The second kappa shape index (κ2) is 52.9. The number of nitrogens with one attached hydrogen (secondary N) is 3. The Kier molecular flexibility index (Phi) is 44.0. The van der Waals surface area contributed by atoms with Gasteiger partial charge in [-0.25, -0.2) is 63.3 Å². The van der Waals surface area contributed by atoms with Crippen LogP contribution in [0.2, 0.25) is 0 Å². The molecule has 5 aliphatic heterocycles. The minimum Gasteiger partial charge on any atom is -0.870 e. The quantitative estimate of drug-likeness (QED) is 0.0175. The van der Waals surface area contributed by atoms with Crippen LogP contribution in [0, 0.1) is 0 Å². The Morgan fingerprint density at radius 2 is 0.816 bits per heavy atom. The molecule has 5 amide bonds. The Labute approximate surface area is 849 Å². The number of carboxylic acid groups (broad SMARTS) is 1. The monoisotopic (exact) mass is 2070 g/mol. The van der Waals surface area contributed by atoms with Gasteiger partial charge >= 0.3 is 77.9 Å². The first-order chi connectivity index (χ1) is 63.3. The van der Waals surface area contributed by atoms with Gasteiger partial charge in [0.05, 0.1) is 13.2 Å². The fourth-order valence-electron chi connectivity index (χ4n) is 13.1. The number of carbonyl (C=O) groups is 10. The average molecular weight is 2070 g/mol. The number of anilines is 6. The van der Waals surface area contributed by atoms with Crippen LogP contribution in [0.1, 0.15) is 193 Å². The maximum Gasteiger partial charge on any atom is 1.00 e. The maximum absolute atomic E-state index is 13.4. The average Bonchev–Trinajstić information content (AvgIpc) is 1.69. The molecule has 0 spiro atoms. The minimum atomic E-state index is -1.02. The molecule has 7 N–H and O–H groups in total. The summed E-state index contributed by atoms with van der Waals surface area (Å²) in [4.78, 5) is 158. The molecule has 11 heterocycles. The van der Waals surface area contributed by atoms with Crippen molar-refractivity contribution < 1.29 is 121 Å². The van der Waals surface area contributed by atoms with Gasteiger partial charge in [0.2, 0.25) is 0 Å². The first kappa shape index (κ1) is 113. The van der Waals surface area contributed by atoms with Gasteiger partial charge in [-0.05, 0) is 204 Å². The van der Waals surface area contributed by atoms with Crippen molar-refractivity contribution in [3.05, 3.63) is 148 Å². The van der Waals surface area contributed by atoms with E-state index in [0.717, 1.165) is 96.4 Å². The maximum atomic E-state index is 13.4. The standard InChI is InChI=1S/C30H38N4O5S.C19H20N4OS2.C15H23N3O4S.C13H19N3O4S.C9H18N2O2.C6H6BrNO2S.Na.H2O/c1-29(2,3)38-27(36)32-23-12-11-21(20-9-7-8-10-20)17-22(23)18-25(35)24-19-40-26(31-24)33-13-15-34(16-14-33)28(37)39-30(4,5)6;20-15-4-3-13(18-2-1-9-25-18)10-14(15)11-17(24)16-12-26-19(22-16)23-7-5-21-6-8-23;1-5-21-12(19)11-10-23-13(16-11)17-6-8-18(9-7-17)14(20)22-15(2,3)4;1-13(2,3)20-12(19)16-6-4-15(5-7-16)11-14-9(8-21-11)10(17)18;1-9(2,3)13-8(12)11-6-4-10-5-7-11;1-2-10-5(9)4-3-11-6(7)8-4;;/h7-9,11-12,17,19H,10,13-16,18H2,1-6H3,(H,32,36);1-4,9-10,12,21H,5-8,11,20H2;10H,5-9H2,1-4H3;8H,4-7H2,1-3H3,(H,17,18);10H,4-7H2,1-3H3;3H,2H2,1H3;;1H2/q;;;;;;+1;/p-1. The predicted molar refractivity (Wildman–Crippen MR) is 533 cm³/mol. The van der Waals surface area contributed by atoms with Gasteiger partial charge in [0.1, 0.15) is 39.4 Å². The van der Waals surface area contributed by atoms with Gasteiger partial charge in [-0.1, -0.05) is 36.4 Å². The van der Waals surface area contributed by atoms with Crippen molar-refractivity contribution in [3.8, 4) is 10.4 Å². The van der Waals surface area contributed by atoms with E-state index in [1.807, 2.05) is 147 Å². The molecule has 1 aliphatic carbocycles. The summed E-state index contributed by atoms with van der Waals surface area (Å²) in [5.74, 6) is -1.92. The molecule has 8 aromatic rings. The number of rotatable bonds is 18. The molecular formula is C92H125BrN17NaO19S6. The summed E-state index contributed by atoms with van der Waals surface area (Å²) in [6.07, 6.45) is 5.63. The van der Waals surface area contributed by atoms with Crippen molar-refractivity contribution in [3.63, 3.8) is 0 Å². The van der Waals surface area contributed by atoms with E-state index in [0.29, 0.717) is 141 Å².